The fraction of sp³-hybridized carbons (Fsp3) is 0.333. The Kier molecular flexibility index (Phi) is 2.81. The lowest BCUT2D eigenvalue weighted by molar-refractivity contribution is -0.117. The third-order valence-electron chi connectivity index (χ3n) is 2.50. The van der Waals surface area contributed by atoms with E-state index in [1.165, 1.54) is 0 Å². The van der Waals surface area contributed by atoms with Crippen LogP contribution in [0.4, 0.5) is 0 Å². The molecule has 0 aromatic heterocycles. The van der Waals surface area contributed by atoms with Gasteiger partial charge in [-0.3, -0.25) is 9.59 Å². The molecule has 0 radical (unpaired) electrons. The minimum atomic E-state index is -0.0144. The molecule has 1 atom stereocenters. The molecule has 1 aromatic rings. The van der Waals surface area contributed by atoms with Crippen molar-refractivity contribution in [3.63, 3.8) is 0 Å². The fourth-order valence-electron chi connectivity index (χ4n) is 1.73. The van der Waals surface area contributed by atoms with E-state index in [-0.39, 0.29) is 11.9 Å². The van der Waals surface area contributed by atoms with Gasteiger partial charge >= 0.3 is 0 Å². The minimum absolute atomic E-state index is 0.0144. The van der Waals surface area contributed by atoms with Crippen LogP contribution in [0.2, 0.25) is 0 Å². The average molecular weight is 204 g/mol. The Morgan fingerprint density at radius 1 is 1.40 bits per heavy atom. The Morgan fingerprint density at radius 2 is 2.27 bits per heavy atom. The predicted octanol–water partition coefficient (Wildman–Crippen LogP) is 2.00. The quantitative estimate of drug-likeness (QED) is 0.707. The van der Waals surface area contributed by atoms with Crippen molar-refractivity contribution in [1.29, 1.82) is 0 Å². The Hall–Kier alpha value is -1.64. The zero-order valence-corrected chi connectivity index (χ0v) is 8.31. The van der Waals surface area contributed by atoms with Gasteiger partial charge in [0.1, 0.15) is 23.9 Å². The van der Waals surface area contributed by atoms with Crippen LogP contribution >= 0.6 is 0 Å². The number of hydrogen-bond acceptors (Lipinski definition) is 3. The third kappa shape index (κ3) is 2.43. The lowest BCUT2D eigenvalue weighted by atomic mass is 10.2. The molecule has 3 heteroatoms. The molecule has 0 aliphatic heterocycles. The van der Waals surface area contributed by atoms with Crippen LogP contribution < -0.4 is 4.74 Å². The van der Waals surface area contributed by atoms with E-state index >= 15 is 0 Å². The van der Waals surface area contributed by atoms with Crippen LogP contribution in [0.15, 0.2) is 24.3 Å². The first-order valence-corrected chi connectivity index (χ1v) is 5.01. The summed E-state index contributed by atoms with van der Waals surface area (Å²) in [6.45, 7) is 0. The van der Waals surface area contributed by atoms with Crippen LogP contribution in [0.3, 0.4) is 0 Å². The van der Waals surface area contributed by atoms with Gasteiger partial charge in [-0.2, -0.15) is 0 Å². The van der Waals surface area contributed by atoms with Crippen molar-refractivity contribution in [3.05, 3.63) is 29.8 Å². The maximum atomic E-state index is 11.0. The van der Waals surface area contributed by atoms with Crippen molar-refractivity contribution < 1.29 is 14.3 Å². The van der Waals surface area contributed by atoms with Gasteiger partial charge in [0.05, 0.1) is 0 Å². The van der Waals surface area contributed by atoms with Crippen molar-refractivity contribution in [2.24, 2.45) is 0 Å². The molecule has 0 amide bonds. The highest BCUT2D eigenvalue weighted by atomic mass is 16.5. The number of rotatable bonds is 3. The Labute approximate surface area is 88.1 Å². The van der Waals surface area contributed by atoms with Gasteiger partial charge in [-0.25, -0.2) is 0 Å². The highest BCUT2D eigenvalue weighted by Crippen LogP contribution is 2.22. The van der Waals surface area contributed by atoms with Crippen molar-refractivity contribution >= 4 is 12.1 Å². The summed E-state index contributed by atoms with van der Waals surface area (Å²) in [5.74, 6) is 0.922. The molecule has 3 nitrogen and oxygen atoms in total. The van der Waals surface area contributed by atoms with Gasteiger partial charge in [0, 0.05) is 18.4 Å². The van der Waals surface area contributed by atoms with Gasteiger partial charge in [-0.1, -0.05) is 12.1 Å². The zero-order valence-electron chi connectivity index (χ0n) is 8.31. The molecule has 0 saturated heterocycles. The molecule has 1 fully saturated rings. The van der Waals surface area contributed by atoms with E-state index < -0.39 is 0 Å². The summed E-state index contributed by atoms with van der Waals surface area (Å²) in [6, 6.07) is 6.99. The minimum Gasteiger partial charge on any atom is -0.490 e. The second kappa shape index (κ2) is 4.26. The molecular weight excluding hydrogens is 192 g/mol. The predicted molar refractivity (Wildman–Crippen MR) is 55.1 cm³/mol. The number of benzene rings is 1. The van der Waals surface area contributed by atoms with Crippen LogP contribution in [0.25, 0.3) is 0 Å². The van der Waals surface area contributed by atoms with E-state index in [2.05, 4.69) is 0 Å². The van der Waals surface area contributed by atoms with E-state index in [0.29, 0.717) is 24.2 Å². The average Bonchev–Trinajstić information content (AvgIpc) is 2.64. The third-order valence-corrected chi connectivity index (χ3v) is 2.50. The monoisotopic (exact) mass is 204 g/mol. The Balaban J connectivity index is 2.04. The summed E-state index contributed by atoms with van der Waals surface area (Å²) in [5.41, 5.74) is 0.594. The molecule has 1 aromatic carbocycles. The van der Waals surface area contributed by atoms with Gasteiger partial charge in [0.25, 0.3) is 0 Å². The normalized spacial score (nSPS) is 20.3. The first-order chi connectivity index (χ1) is 7.28. The van der Waals surface area contributed by atoms with Crippen LogP contribution in [0, 0.1) is 0 Å². The summed E-state index contributed by atoms with van der Waals surface area (Å²) >= 11 is 0. The van der Waals surface area contributed by atoms with E-state index in [4.69, 9.17) is 4.74 Å². The first kappa shape index (κ1) is 9.90. The number of carbonyl (C=O) groups excluding carboxylic acids is 2. The second-order valence-corrected chi connectivity index (χ2v) is 3.71. The molecule has 78 valence electrons. The maximum Gasteiger partial charge on any atom is 0.150 e. The summed E-state index contributed by atoms with van der Waals surface area (Å²) in [4.78, 5) is 21.6. The van der Waals surface area contributed by atoms with Gasteiger partial charge in [-0.15, -0.1) is 0 Å². The maximum absolute atomic E-state index is 11.0. The van der Waals surface area contributed by atoms with E-state index in [1.54, 1.807) is 24.3 Å². The molecule has 0 bridgehead atoms. The molecule has 1 unspecified atom stereocenters. The molecule has 1 aliphatic rings. The van der Waals surface area contributed by atoms with Crippen LogP contribution in [-0.4, -0.2) is 18.2 Å². The SMILES string of the molecule is O=Cc1cccc(OC2CCC(=O)C2)c1. The topological polar surface area (TPSA) is 43.4 Å². The van der Waals surface area contributed by atoms with Crippen molar-refractivity contribution in [3.8, 4) is 5.75 Å². The molecule has 0 heterocycles. The zero-order chi connectivity index (χ0) is 10.7. The number of aldehydes is 1. The summed E-state index contributed by atoms with van der Waals surface area (Å²) in [7, 11) is 0. The largest absolute Gasteiger partial charge is 0.490 e. The molecule has 0 spiro atoms. The fourth-order valence-corrected chi connectivity index (χ4v) is 1.73. The van der Waals surface area contributed by atoms with Crippen LogP contribution in [0.5, 0.6) is 5.75 Å². The van der Waals surface area contributed by atoms with Gasteiger partial charge in [0.2, 0.25) is 0 Å². The van der Waals surface area contributed by atoms with Gasteiger partial charge in [-0.05, 0) is 18.6 Å². The summed E-state index contributed by atoms with van der Waals surface area (Å²) in [6.07, 6.45) is 2.65. The molecular formula is C12H12O3. The summed E-state index contributed by atoms with van der Waals surface area (Å²) < 4.78 is 5.61. The number of Topliss-reactive ketones (excluding diaryl/α,β-unsaturated/α-hetero) is 1. The van der Waals surface area contributed by atoms with Crippen LogP contribution in [-0.2, 0) is 4.79 Å². The molecule has 1 aliphatic carbocycles. The number of ether oxygens (including phenoxy) is 1. The highest BCUT2D eigenvalue weighted by Gasteiger charge is 2.23. The lowest BCUT2D eigenvalue weighted by Crippen LogP contribution is -2.12. The number of ketones is 1. The summed E-state index contributed by atoms with van der Waals surface area (Å²) in [5, 5.41) is 0. The standard InChI is InChI=1S/C12H12O3/c13-8-9-2-1-3-11(6-9)15-12-5-4-10(14)7-12/h1-3,6,8,12H,4-5,7H2. The van der Waals surface area contributed by atoms with Crippen LogP contribution in [0.1, 0.15) is 29.6 Å². The number of hydrogen-bond donors (Lipinski definition) is 0. The van der Waals surface area contributed by atoms with E-state index in [0.717, 1.165) is 12.7 Å². The smallest absolute Gasteiger partial charge is 0.150 e. The number of carbonyl (C=O) groups is 2. The molecule has 15 heavy (non-hydrogen) atoms. The molecule has 1 saturated carbocycles. The molecule has 0 N–H and O–H groups in total. The highest BCUT2D eigenvalue weighted by molar-refractivity contribution is 5.81. The van der Waals surface area contributed by atoms with E-state index in [9.17, 15) is 9.59 Å². The van der Waals surface area contributed by atoms with Crippen molar-refractivity contribution in [1.82, 2.24) is 0 Å². The lowest BCUT2D eigenvalue weighted by Gasteiger charge is -2.12. The Bertz CT molecular complexity index is 384. The first-order valence-electron chi connectivity index (χ1n) is 5.01. The van der Waals surface area contributed by atoms with Gasteiger partial charge < -0.3 is 4.74 Å². The van der Waals surface area contributed by atoms with Gasteiger partial charge in [0.15, 0.2) is 0 Å². The van der Waals surface area contributed by atoms with E-state index in [1.807, 2.05) is 0 Å². The second-order valence-electron chi connectivity index (χ2n) is 3.71. The van der Waals surface area contributed by atoms with Crippen molar-refractivity contribution in [2.75, 3.05) is 0 Å². The Morgan fingerprint density at radius 3 is 2.93 bits per heavy atom. The van der Waals surface area contributed by atoms with Crippen molar-refractivity contribution in [2.45, 2.75) is 25.4 Å². The molecule has 2 rings (SSSR count).